The predicted octanol–water partition coefficient (Wildman–Crippen LogP) is -0.635. The molecule has 0 aliphatic rings. The van der Waals surface area contributed by atoms with E-state index in [4.69, 9.17) is 4.74 Å². The molecule has 0 atom stereocenters. The van der Waals surface area contributed by atoms with Crippen LogP contribution in [-0.4, -0.2) is 13.2 Å². The summed E-state index contributed by atoms with van der Waals surface area (Å²) < 4.78 is 5.43. The van der Waals surface area contributed by atoms with Crippen molar-refractivity contribution in [2.75, 3.05) is 13.2 Å². The molecule has 0 radical (unpaired) electrons. The van der Waals surface area contributed by atoms with Crippen LogP contribution in [0.1, 0.15) is 12.5 Å². The van der Waals surface area contributed by atoms with Crippen LogP contribution in [0.2, 0.25) is 0 Å². The van der Waals surface area contributed by atoms with Crippen LogP contribution in [0.15, 0.2) is 36.9 Å². The fourth-order valence-corrected chi connectivity index (χ4v) is 1.17. The Morgan fingerprint density at radius 1 is 1.47 bits per heavy atom. The van der Waals surface area contributed by atoms with Gasteiger partial charge in [-0.3, -0.25) is 0 Å². The van der Waals surface area contributed by atoms with Crippen LogP contribution < -0.4 is 22.5 Å². The largest absolute Gasteiger partial charge is 1.00 e. The standard InChI is InChI=1S/C12H17NO.ClH/c1-3-8-14-12-7-5-6-11(9-12)10-13-4-2;/h3,5-7,9,13H,1,4,8,10H2,2H3;1H/p-1. The highest BCUT2D eigenvalue weighted by atomic mass is 35.5. The molecule has 0 aromatic heterocycles. The van der Waals surface area contributed by atoms with Crippen LogP contribution in [0.25, 0.3) is 0 Å². The average molecular weight is 227 g/mol. The lowest BCUT2D eigenvalue weighted by molar-refractivity contribution is -0.00000341. The van der Waals surface area contributed by atoms with E-state index in [9.17, 15) is 0 Å². The number of nitrogens with one attached hydrogen (secondary N) is 1. The Labute approximate surface area is 97.7 Å². The molecule has 0 bridgehead atoms. The third-order valence-corrected chi connectivity index (χ3v) is 1.85. The van der Waals surface area contributed by atoms with E-state index in [1.807, 2.05) is 18.2 Å². The first-order valence-corrected chi connectivity index (χ1v) is 4.90. The zero-order valence-electron chi connectivity index (χ0n) is 9.00. The molecule has 0 spiro atoms. The normalized spacial score (nSPS) is 9.13. The first-order valence-electron chi connectivity index (χ1n) is 4.90. The number of rotatable bonds is 6. The van der Waals surface area contributed by atoms with Crippen molar-refractivity contribution in [1.82, 2.24) is 5.32 Å². The lowest BCUT2D eigenvalue weighted by Gasteiger charge is -2.06. The number of halogens is 1. The van der Waals surface area contributed by atoms with E-state index in [1.165, 1.54) is 5.56 Å². The van der Waals surface area contributed by atoms with Crippen molar-refractivity contribution in [3.05, 3.63) is 42.5 Å². The molecule has 0 amide bonds. The molecule has 1 rings (SSSR count). The van der Waals surface area contributed by atoms with Gasteiger partial charge in [0.25, 0.3) is 0 Å². The molecule has 0 unspecified atom stereocenters. The van der Waals surface area contributed by atoms with Gasteiger partial charge >= 0.3 is 0 Å². The van der Waals surface area contributed by atoms with Gasteiger partial charge in [0.2, 0.25) is 0 Å². The minimum atomic E-state index is 0. The topological polar surface area (TPSA) is 21.3 Å². The maximum absolute atomic E-state index is 5.43. The fraction of sp³-hybridized carbons (Fsp3) is 0.333. The maximum atomic E-state index is 5.43. The third kappa shape index (κ3) is 5.45. The van der Waals surface area contributed by atoms with Gasteiger partial charge in [-0.05, 0) is 24.2 Å². The second kappa shape index (κ2) is 8.33. The summed E-state index contributed by atoms with van der Waals surface area (Å²) in [6.45, 7) is 8.14. The Bertz CT molecular complexity index is 289. The minimum absolute atomic E-state index is 0. The second-order valence-corrected chi connectivity index (χ2v) is 3.03. The molecule has 0 fully saturated rings. The summed E-state index contributed by atoms with van der Waals surface area (Å²) in [5.74, 6) is 0.903. The monoisotopic (exact) mass is 226 g/mol. The van der Waals surface area contributed by atoms with Crippen molar-refractivity contribution in [3.63, 3.8) is 0 Å². The van der Waals surface area contributed by atoms with E-state index < -0.39 is 0 Å². The molecule has 0 heterocycles. The van der Waals surface area contributed by atoms with Gasteiger partial charge in [-0.2, -0.15) is 0 Å². The number of ether oxygens (including phenoxy) is 1. The zero-order chi connectivity index (χ0) is 10.2. The molecule has 0 aliphatic heterocycles. The molecular weight excluding hydrogens is 210 g/mol. The average Bonchev–Trinajstić information content (AvgIpc) is 2.24. The van der Waals surface area contributed by atoms with E-state index in [1.54, 1.807) is 6.08 Å². The molecule has 0 saturated heterocycles. The summed E-state index contributed by atoms with van der Waals surface area (Å²) in [4.78, 5) is 0. The molecule has 84 valence electrons. The Balaban J connectivity index is 0.00000196. The maximum Gasteiger partial charge on any atom is 0.120 e. The van der Waals surface area contributed by atoms with Gasteiger partial charge in [0.1, 0.15) is 12.4 Å². The van der Waals surface area contributed by atoms with Crippen LogP contribution >= 0.6 is 0 Å². The Morgan fingerprint density at radius 3 is 2.93 bits per heavy atom. The third-order valence-electron chi connectivity index (χ3n) is 1.85. The predicted molar refractivity (Wildman–Crippen MR) is 59.5 cm³/mol. The summed E-state index contributed by atoms with van der Waals surface area (Å²) in [7, 11) is 0. The van der Waals surface area contributed by atoms with Crippen LogP contribution in [0.3, 0.4) is 0 Å². The highest BCUT2D eigenvalue weighted by molar-refractivity contribution is 5.28. The van der Waals surface area contributed by atoms with Crippen molar-refractivity contribution in [2.24, 2.45) is 0 Å². The van der Waals surface area contributed by atoms with Gasteiger partial charge in [0.15, 0.2) is 0 Å². The van der Waals surface area contributed by atoms with Gasteiger partial charge in [-0.1, -0.05) is 31.7 Å². The van der Waals surface area contributed by atoms with E-state index >= 15 is 0 Å². The molecule has 15 heavy (non-hydrogen) atoms. The van der Waals surface area contributed by atoms with Gasteiger partial charge in [-0.25, -0.2) is 0 Å². The van der Waals surface area contributed by atoms with Gasteiger partial charge in [0, 0.05) is 6.54 Å². The second-order valence-electron chi connectivity index (χ2n) is 3.03. The van der Waals surface area contributed by atoms with Crippen LogP contribution in [0, 0.1) is 0 Å². The SMILES string of the molecule is C=CCOc1cccc(CNCC)c1.[Cl-]. The molecule has 1 aromatic carbocycles. The van der Waals surface area contributed by atoms with Gasteiger partial charge in [0.05, 0.1) is 0 Å². The van der Waals surface area contributed by atoms with Crippen molar-refractivity contribution >= 4 is 0 Å². The van der Waals surface area contributed by atoms with E-state index in [0.717, 1.165) is 18.8 Å². The molecular formula is C12H17ClNO-. The summed E-state index contributed by atoms with van der Waals surface area (Å²) in [6.07, 6.45) is 1.75. The van der Waals surface area contributed by atoms with Crippen LogP contribution in [0.4, 0.5) is 0 Å². The first-order chi connectivity index (χ1) is 6.86. The van der Waals surface area contributed by atoms with Gasteiger partial charge < -0.3 is 22.5 Å². The van der Waals surface area contributed by atoms with E-state index in [0.29, 0.717) is 6.61 Å². The quantitative estimate of drug-likeness (QED) is 0.652. The van der Waals surface area contributed by atoms with Crippen molar-refractivity contribution in [2.45, 2.75) is 13.5 Å². The lowest BCUT2D eigenvalue weighted by atomic mass is 10.2. The molecule has 1 aromatic rings. The lowest BCUT2D eigenvalue weighted by Crippen LogP contribution is -3.00. The summed E-state index contributed by atoms with van der Waals surface area (Å²) in [5.41, 5.74) is 1.24. The zero-order valence-corrected chi connectivity index (χ0v) is 9.76. The van der Waals surface area contributed by atoms with Crippen molar-refractivity contribution in [3.8, 4) is 5.75 Å². The van der Waals surface area contributed by atoms with Gasteiger partial charge in [-0.15, -0.1) is 0 Å². The van der Waals surface area contributed by atoms with Crippen LogP contribution in [-0.2, 0) is 6.54 Å². The highest BCUT2D eigenvalue weighted by Gasteiger charge is 1.94. The van der Waals surface area contributed by atoms with E-state index in [-0.39, 0.29) is 12.4 Å². The van der Waals surface area contributed by atoms with E-state index in [2.05, 4.69) is 24.9 Å². The fourth-order valence-electron chi connectivity index (χ4n) is 1.17. The van der Waals surface area contributed by atoms with Crippen molar-refractivity contribution < 1.29 is 17.1 Å². The Morgan fingerprint density at radius 2 is 2.27 bits per heavy atom. The Hall–Kier alpha value is -0.990. The summed E-state index contributed by atoms with van der Waals surface area (Å²) in [6, 6.07) is 8.10. The first kappa shape index (κ1) is 14.0. The number of benzene rings is 1. The Kier molecular flexibility index (Phi) is 7.78. The summed E-state index contributed by atoms with van der Waals surface area (Å²) in [5, 5.41) is 3.27. The number of hydrogen-bond acceptors (Lipinski definition) is 2. The molecule has 1 N–H and O–H groups in total. The summed E-state index contributed by atoms with van der Waals surface area (Å²) >= 11 is 0. The van der Waals surface area contributed by atoms with Crippen LogP contribution in [0.5, 0.6) is 5.75 Å². The van der Waals surface area contributed by atoms with Crippen molar-refractivity contribution in [1.29, 1.82) is 0 Å². The smallest absolute Gasteiger partial charge is 0.120 e. The highest BCUT2D eigenvalue weighted by Crippen LogP contribution is 2.12. The molecule has 3 heteroatoms. The molecule has 0 saturated carbocycles. The minimum Gasteiger partial charge on any atom is -1.00 e. The number of hydrogen-bond donors (Lipinski definition) is 1. The molecule has 2 nitrogen and oxygen atoms in total. The molecule has 0 aliphatic carbocycles.